The Bertz CT molecular complexity index is 367. The van der Waals surface area contributed by atoms with Crippen LogP contribution in [-0.2, 0) is 19.9 Å². The molecule has 0 aliphatic heterocycles. The fourth-order valence-corrected chi connectivity index (χ4v) is 3.54. The van der Waals surface area contributed by atoms with E-state index in [9.17, 15) is 0 Å². The minimum Gasteiger partial charge on any atom is -0.271 e. The smallest absolute Gasteiger partial charge is 0.0766 e. The largest absolute Gasteiger partial charge is 0.271 e. The molecule has 0 aliphatic carbocycles. The molecule has 3 N–H and O–H groups in total. The van der Waals surface area contributed by atoms with E-state index in [2.05, 4.69) is 40.3 Å². The third-order valence-electron chi connectivity index (χ3n) is 2.85. The third-order valence-corrected chi connectivity index (χ3v) is 5.10. The zero-order valence-electron chi connectivity index (χ0n) is 11.4. The van der Waals surface area contributed by atoms with Gasteiger partial charge in [-0.25, -0.2) is 0 Å². The van der Waals surface area contributed by atoms with Gasteiger partial charge in [-0.2, -0.15) is 16.9 Å². The molecule has 18 heavy (non-hydrogen) atoms. The zero-order valence-corrected chi connectivity index (χ0v) is 13.8. The monoisotopic (exact) mass is 334 g/mol. The van der Waals surface area contributed by atoms with Crippen LogP contribution in [0.3, 0.4) is 0 Å². The number of hydrogen-bond acceptors (Lipinski definition) is 4. The van der Waals surface area contributed by atoms with E-state index in [4.69, 9.17) is 5.84 Å². The van der Waals surface area contributed by atoms with E-state index < -0.39 is 0 Å². The summed E-state index contributed by atoms with van der Waals surface area (Å²) < 4.78 is 3.09. The Morgan fingerprint density at radius 3 is 2.72 bits per heavy atom. The van der Waals surface area contributed by atoms with Crippen LogP contribution in [0, 0.1) is 0 Å². The molecule has 4 nitrogen and oxygen atoms in total. The summed E-state index contributed by atoms with van der Waals surface area (Å²) in [5.74, 6) is 7.85. The Morgan fingerprint density at radius 1 is 1.50 bits per heavy atom. The number of halogens is 1. The van der Waals surface area contributed by atoms with E-state index in [0.29, 0.717) is 0 Å². The summed E-state index contributed by atoms with van der Waals surface area (Å²) in [4.78, 5) is 0. The van der Waals surface area contributed by atoms with Crippen molar-refractivity contribution in [3.63, 3.8) is 0 Å². The molecule has 1 atom stereocenters. The van der Waals surface area contributed by atoms with E-state index in [1.54, 1.807) is 0 Å². The molecule has 1 heterocycles. The van der Waals surface area contributed by atoms with Gasteiger partial charge in [0.2, 0.25) is 0 Å². The second-order valence-electron chi connectivity index (χ2n) is 4.33. The minimum absolute atomic E-state index is 0.290. The van der Waals surface area contributed by atoms with Crippen molar-refractivity contribution in [3.8, 4) is 0 Å². The molecule has 0 aliphatic rings. The molecule has 1 unspecified atom stereocenters. The molecule has 0 saturated carbocycles. The Hall–Kier alpha value is -0.0400. The van der Waals surface area contributed by atoms with E-state index in [1.165, 1.54) is 17.9 Å². The molecule has 1 rings (SSSR count). The highest BCUT2D eigenvalue weighted by atomic mass is 79.9. The number of nitrogens with one attached hydrogen (secondary N) is 1. The van der Waals surface area contributed by atoms with Crippen molar-refractivity contribution in [1.29, 1.82) is 0 Å². The number of thioether (sulfide) groups is 1. The van der Waals surface area contributed by atoms with Crippen LogP contribution in [0.1, 0.15) is 31.7 Å². The van der Waals surface area contributed by atoms with Crippen LogP contribution in [0.4, 0.5) is 0 Å². The van der Waals surface area contributed by atoms with Gasteiger partial charge in [0.1, 0.15) is 0 Å². The first kappa shape index (κ1) is 16.0. The SMILES string of the molecule is CCCSCC(Cc1c(Br)c(CC)nn1C)NN. The Morgan fingerprint density at radius 2 is 2.22 bits per heavy atom. The lowest BCUT2D eigenvalue weighted by molar-refractivity contribution is 0.549. The molecule has 1 aromatic heterocycles. The summed E-state index contributed by atoms with van der Waals surface area (Å²) in [7, 11) is 1.99. The maximum Gasteiger partial charge on any atom is 0.0766 e. The topological polar surface area (TPSA) is 55.9 Å². The molecule has 6 heteroatoms. The van der Waals surface area contributed by atoms with Gasteiger partial charge in [0.25, 0.3) is 0 Å². The number of rotatable bonds is 8. The molecule has 0 bridgehead atoms. The van der Waals surface area contributed by atoms with Crippen molar-refractivity contribution < 1.29 is 0 Å². The van der Waals surface area contributed by atoms with Crippen molar-refractivity contribution in [2.75, 3.05) is 11.5 Å². The average Bonchev–Trinajstić information content (AvgIpc) is 2.64. The first-order chi connectivity index (χ1) is 8.63. The summed E-state index contributed by atoms with van der Waals surface area (Å²) in [6.45, 7) is 4.32. The summed E-state index contributed by atoms with van der Waals surface area (Å²) >= 11 is 5.59. The van der Waals surface area contributed by atoms with Gasteiger partial charge in [0, 0.05) is 25.3 Å². The first-order valence-electron chi connectivity index (χ1n) is 6.38. The molecule has 0 spiro atoms. The van der Waals surface area contributed by atoms with E-state index in [-0.39, 0.29) is 6.04 Å². The van der Waals surface area contributed by atoms with Gasteiger partial charge in [-0.05, 0) is 34.5 Å². The second kappa shape index (κ2) is 8.19. The van der Waals surface area contributed by atoms with Gasteiger partial charge >= 0.3 is 0 Å². The standard InChI is InChI=1S/C12H23BrN4S/c1-4-6-18-8-9(15-14)7-11-12(13)10(5-2)16-17(11)3/h9,15H,4-8,14H2,1-3H3. The molecule has 0 aromatic carbocycles. The molecule has 104 valence electrons. The maximum absolute atomic E-state index is 5.63. The normalized spacial score (nSPS) is 12.9. The highest BCUT2D eigenvalue weighted by Crippen LogP contribution is 2.23. The molecule has 0 saturated heterocycles. The molecule has 0 radical (unpaired) electrons. The number of nitrogens with two attached hydrogens (primary N) is 1. The van der Waals surface area contributed by atoms with Crippen LogP contribution in [0.5, 0.6) is 0 Å². The lowest BCUT2D eigenvalue weighted by Gasteiger charge is -2.15. The van der Waals surface area contributed by atoms with Gasteiger partial charge in [-0.1, -0.05) is 13.8 Å². The summed E-state index contributed by atoms with van der Waals surface area (Å²) in [5.41, 5.74) is 5.24. The Kier molecular flexibility index (Phi) is 7.29. The van der Waals surface area contributed by atoms with Gasteiger partial charge in [0.05, 0.1) is 15.9 Å². The minimum atomic E-state index is 0.290. The van der Waals surface area contributed by atoms with Crippen LogP contribution >= 0.6 is 27.7 Å². The van der Waals surface area contributed by atoms with Gasteiger partial charge in [-0.3, -0.25) is 16.0 Å². The van der Waals surface area contributed by atoms with E-state index in [0.717, 1.165) is 28.8 Å². The molecule has 0 amide bonds. The van der Waals surface area contributed by atoms with Gasteiger partial charge < -0.3 is 0 Å². The van der Waals surface area contributed by atoms with E-state index >= 15 is 0 Å². The number of nitrogens with zero attached hydrogens (tertiary/aromatic N) is 2. The molecular weight excluding hydrogens is 312 g/mol. The summed E-state index contributed by atoms with van der Waals surface area (Å²) in [6.07, 6.45) is 3.05. The highest BCUT2D eigenvalue weighted by Gasteiger charge is 2.16. The van der Waals surface area contributed by atoms with E-state index in [1.807, 2.05) is 23.5 Å². The van der Waals surface area contributed by atoms with Crippen molar-refractivity contribution in [1.82, 2.24) is 15.2 Å². The number of hydrazine groups is 1. The van der Waals surface area contributed by atoms with Crippen molar-refractivity contribution >= 4 is 27.7 Å². The predicted octanol–water partition coefficient (Wildman–Crippen LogP) is 2.26. The van der Waals surface area contributed by atoms with Crippen LogP contribution in [0.25, 0.3) is 0 Å². The Balaban J connectivity index is 2.66. The molecule has 1 aromatic rings. The molecule has 0 fully saturated rings. The average molecular weight is 335 g/mol. The first-order valence-corrected chi connectivity index (χ1v) is 8.32. The number of hydrogen-bond donors (Lipinski definition) is 2. The quantitative estimate of drug-likeness (QED) is 0.435. The van der Waals surface area contributed by atoms with Crippen LogP contribution in [0.15, 0.2) is 4.47 Å². The second-order valence-corrected chi connectivity index (χ2v) is 6.27. The van der Waals surface area contributed by atoms with Gasteiger partial charge in [0.15, 0.2) is 0 Å². The zero-order chi connectivity index (χ0) is 13.5. The Labute approximate surface area is 122 Å². The van der Waals surface area contributed by atoms with Crippen molar-refractivity contribution in [2.45, 2.75) is 39.2 Å². The predicted molar refractivity (Wildman–Crippen MR) is 82.7 cm³/mol. The summed E-state index contributed by atoms with van der Waals surface area (Å²) in [6, 6.07) is 0.290. The van der Waals surface area contributed by atoms with Crippen LogP contribution < -0.4 is 11.3 Å². The van der Waals surface area contributed by atoms with Crippen molar-refractivity contribution in [2.24, 2.45) is 12.9 Å². The van der Waals surface area contributed by atoms with Crippen molar-refractivity contribution in [3.05, 3.63) is 15.9 Å². The fourth-order valence-electron chi connectivity index (χ4n) is 1.81. The lowest BCUT2D eigenvalue weighted by Crippen LogP contribution is -2.39. The van der Waals surface area contributed by atoms with Crippen LogP contribution in [0.2, 0.25) is 0 Å². The third kappa shape index (κ3) is 4.26. The fraction of sp³-hybridized carbons (Fsp3) is 0.750. The number of aromatic nitrogens is 2. The lowest BCUT2D eigenvalue weighted by atomic mass is 10.1. The van der Waals surface area contributed by atoms with Crippen LogP contribution in [-0.4, -0.2) is 27.3 Å². The summed E-state index contributed by atoms with van der Waals surface area (Å²) in [5, 5.41) is 4.51. The van der Waals surface area contributed by atoms with Gasteiger partial charge in [-0.15, -0.1) is 0 Å². The maximum atomic E-state index is 5.63. The molecular formula is C12H23BrN4S. The number of aryl methyl sites for hydroxylation is 2. The highest BCUT2D eigenvalue weighted by molar-refractivity contribution is 9.10.